The van der Waals surface area contributed by atoms with Gasteiger partial charge in [0.2, 0.25) is 5.91 Å². The highest BCUT2D eigenvalue weighted by atomic mass is 32.2. The molecule has 0 radical (unpaired) electrons. The van der Waals surface area contributed by atoms with Crippen LogP contribution in [0.4, 0.5) is 5.69 Å². The number of hydrogen-bond donors (Lipinski definition) is 1. The third-order valence-electron chi connectivity index (χ3n) is 4.75. The molecule has 156 valence electrons. The van der Waals surface area contributed by atoms with Gasteiger partial charge in [-0.3, -0.25) is 9.36 Å². The van der Waals surface area contributed by atoms with Crippen molar-refractivity contribution in [2.45, 2.75) is 18.6 Å². The molecule has 0 spiro atoms. The molecule has 0 aliphatic carbocycles. The molecular weight excluding hydrogens is 408 g/mol. The quantitative estimate of drug-likeness (QED) is 0.298. The number of nitrogens with one attached hydrogen (secondary N) is 1. The summed E-state index contributed by atoms with van der Waals surface area (Å²) in [5, 5.41) is 12.3. The molecule has 2 heterocycles. The molecule has 0 aliphatic heterocycles. The lowest BCUT2D eigenvalue weighted by Crippen LogP contribution is -2.15. The molecule has 0 bridgehead atoms. The van der Waals surface area contributed by atoms with Gasteiger partial charge in [0, 0.05) is 17.8 Å². The largest absolute Gasteiger partial charge is 0.469 e. The average molecular weight is 431 g/mol. The third kappa shape index (κ3) is 4.62. The fraction of sp³-hybridized carbons (Fsp3) is 0.125. The standard InChI is InChI=1S/C24H22N4O2S/c1-3-14-28-23(19-13-15-30-17(19)2)26-27-24(28)31-16-22(29)25-21-12-8-7-11-20(21)18-9-5-4-6-10-18/h3-13,15H,1,14,16H2,2H3,(H,25,29). The molecule has 0 fully saturated rings. The van der Waals surface area contributed by atoms with Gasteiger partial charge in [-0.05, 0) is 24.6 Å². The van der Waals surface area contributed by atoms with Crippen molar-refractivity contribution >= 4 is 23.4 Å². The van der Waals surface area contributed by atoms with Gasteiger partial charge < -0.3 is 9.73 Å². The molecule has 1 N–H and O–H groups in total. The van der Waals surface area contributed by atoms with Crippen LogP contribution in [0.1, 0.15) is 5.76 Å². The van der Waals surface area contributed by atoms with Crippen molar-refractivity contribution in [1.82, 2.24) is 14.8 Å². The molecule has 0 aliphatic rings. The minimum Gasteiger partial charge on any atom is -0.469 e. The van der Waals surface area contributed by atoms with Crippen LogP contribution in [0.2, 0.25) is 0 Å². The Bertz CT molecular complexity index is 1200. The number of benzene rings is 2. The summed E-state index contributed by atoms with van der Waals surface area (Å²) in [5.74, 6) is 1.57. The molecule has 4 rings (SSSR count). The SMILES string of the molecule is C=CCn1c(SCC(=O)Nc2ccccc2-c2ccccc2)nnc1-c1ccoc1C. The number of hydrogen-bond acceptors (Lipinski definition) is 5. The first kappa shape index (κ1) is 20.7. The zero-order valence-corrected chi connectivity index (χ0v) is 17.9. The van der Waals surface area contributed by atoms with E-state index < -0.39 is 0 Å². The fourth-order valence-corrected chi connectivity index (χ4v) is 4.03. The third-order valence-corrected chi connectivity index (χ3v) is 5.71. The summed E-state index contributed by atoms with van der Waals surface area (Å²) >= 11 is 1.34. The Morgan fingerprint density at radius 1 is 1.10 bits per heavy atom. The van der Waals surface area contributed by atoms with Crippen molar-refractivity contribution in [3.05, 3.63) is 85.3 Å². The van der Waals surface area contributed by atoms with E-state index >= 15 is 0 Å². The molecule has 0 unspecified atom stereocenters. The summed E-state index contributed by atoms with van der Waals surface area (Å²) < 4.78 is 7.33. The number of carbonyl (C=O) groups excluding carboxylic acids is 1. The second kappa shape index (κ2) is 9.49. The van der Waals surface area contributed by atoms with Crippen LogP contribution in [0, 0.1) is 6.92 Å². The number of amides is 1. The Balaban J connectivity index is 1.49. The number of rotatable bonds is 8. The van der Waals surface area contributed by atoms with Gasteiger partial charge in [0.15, 0.2) is 11.0 Å². The Morgan fingerprint density at radius 3 is 2.61 bits per heavy atom. The van der Waals surface area contributed by atoms with Gasteiger partial charge in [-0.25, -0.2) is 0 Å². The lowest BCUT2D eigenvalue weighted by atomic mass is 10.0. The van der Waals surface area contributed by atoms with Gasteiger partial charge in [-0.2, -0.15) is 0 Å². The van der Waals surface area contributed by atoms with E-state index in [1.165, 1.54) is 11.8 Å². The first-order valence-electron chi connectivity index (χ1n) is 9.83. The number of allylic oxidation sites excluding steroid dienone is 1. The number of aryl methyl sites for hydroxylation is 1. The lowest BCUT2D eigenvalue weighted by Gasteiger charge is -2.11. The lowest BCUT2D eigenvalue weighted by molar-refractivity contribution is -0.113. The summed E-state index contributed by atoms with van der Waals surface area (Å²) in [6.45, 7) is 6.24. The summed E-state index contributed by atoms with van der Waals surface area (Å²) in [6, 6.07) is 19.6. The topological polar surface area (TPSA) is 73.0 Å². The zero-order chi connectivity index (χ0) is 21.6. The van der Waals surface area contributed by atoms with Gasteiger partial charge >= 0.3 is 0 Å². The van der Waals surface area contributed by atoms with E-state index in [4.69, 9.17) is 4.42 Å². The molecule has 0 atom stereocenters. The average Bonchev–Trinajstić information content (AvgIpc) is 3.39. The van der Waals surface area contributed by atoms with Crippen LogP contribution in [-0.2, 0) is 11.3 Å². The van der Waals surface area contributed by atoms with Gasteiger partial charge in [0.1, 0.15) is 5.76 Å². The Hall–Kier alpha value is -3.58. The minimum atomic E-state index is -0.109. The molecule has 4 aromatic rings. The van der Waals surface area contributed by atoms with Gasteiger partial charge in [-0.15, -0.1) is 16.8 Å². The number of carbonyl (C=O) groups is 1. The van der Waals surface area contributed by atoms with Gasteiger partial charge in [0.25, 0.3) is 0 Å². The first-order chi connectivity index (χ1) is 15.2. The molecule has 2 aromatic heterocycles. The molecule has 2 aromatic carbocycles. The van der Waals surface area contributed by atoms with Crippen LogP contribution in [0.15, 0.2) is 89.2 Å². The molecule has 6 nitrogen and oxygen atoms in total. The monoisotopic (exact) mass is 430 g/mol. The van der Waals surface area contributed by atoms with Gasteiger partial charge in [-0.1, -0.05) is 66.4 Å². The molecule has 0 saturated heterocycles. The maximum atomic E-state index is 12.7. The second-order valence-electron chi connectivity index (χ2n) is 6.84. The molecule has 1 amide bonds. The number of furan rings is 1. The van der Waals surface area contributed by atoms with E-state index in [1.54, 1.807) is 12.3 Å². The highest BCUT2D eigenvalue weighted by Gasteiger charge is 2.18. The van der Waals surface area contributed by atoms with Crippen molar-refractivity contribution in [2.75, 3.05) is 11.1 Å². The van der Waals surface area contributed by atoms with Crippen LogP contribution in [-0.4, -0.2) is 26.4 Å². The van der Waals surface area contributed by atoms with Crippen molar-refractivity contribution < 1.29 is 9.21 Å². The molecular formula is C24H22N4O2S. The van der Waals surface area contributed by atoms with E-state index in [9.17, 15) is 4.79 Å². The summed E-state index contributed by atoms with van der Waals surface area (Å²) in [7, 11) is 0. The number of thioether (sulfide) groups is 1. The highest BCUT2D eigenvalue weighted by Crippen LogP contribution is 2.29. The van der Waals surface area contributed by atoms with E-state index in [1.807, 2.05) is 72.2 Å². The summed E-state index contributed by atoms with van der Waals surface area (Å²) in [6.07, 6.45) is 3.41. The predicted molar refractivity (Wildman–Crippen MR) is 124 cm³/mol. The number of nitrogens with zero attached hydrogens (tertiary/aromatic N) is 3. The highest BCUT2D eigenvalue weighted by molar-refractivity contribution is 7.99. The number of anilines is 1. The van der Waals surface area contributed by atoms with Crippen LogP contribution in [0.25, 0.3) is 22.5 Å². The van der Waals surface area contributed by atoms with Crippen LogP contribution < -0.4 is 5.32 Å². The van der Waals surface area contributed by atoms with Crippen molar-refractivity contribution in [3.63, 3.8) is 0 Å². The van der Waals surface area contributed by atoms with Crippen LogP contribution in [0.3, 0.4) is 0 Å². The van der Waals surface area contributed by atoms with E-state index in [0.717, 1.165) is 28.1 Å². The zero-order valence-electron chi connectivity index (χ0n) is 17.1. The molecule has 0 saturated carbocycles. The number of para-hydroxylation sites is 1. The van der Waals surface area contributed by atoms with Crippen LogP contribution >= 0.6 is 11.8 Å². The second-order valence-corrected chi connectivity index (χ2v) is 7.79. The predicted octanol–water partition coefficient (Wildman–Crippen LogP) is 5.43. The van der Waals surface area contributed by atoms with E-state index in [-0.39, 0.29) is 11.7 Å². The Kier molecular flexibility index (Phi) is 6.33. The van der Waals surface area contributed by atoms with Crippen molar-refractivity contribution in [3.8, 4) is 22.5 Å². The first-order valence-corrected chi connectivity index (χ1v) is 10.8. The normalized spacial score (nSPS) is 10.7. The maximum Gasteiger partial charge on any atom is 0.234 e. The van der Waals surface area contributed by atoms with Crippen LogP contribution in [0.5, 0.6) is 0 Å². The van der Waals surface area contributed by atoms with Crippen molar-refractivity contribution in [1.29, 1.82) is 0 Å². The molecule has 31 heavy (non-hydrogen) atoms. The fourth-order valence-electron chi connectivity index (χ4n) is 3.28. The maximum absolute atomic E-state index is 12.7. The van der Waals surface area contributed by atoms with E-state index in [2.05, 4.69) is 22.1 Å². The Labute approximate surface area is 185 Å². The minimum absolute atomic E-state index is 0.109. The summed E-state index contributed by atoms with van der Waals surface area (Å²) in [5.41, 5.74) is 3.69. The smallest absolute Gasteiger partial charge is 0.234 e. The van der Waals surface area contributed by atoms with Crippen molar-refractivity contribution in [2.24, 2.45) is 0 Å². The molecule has 7 heteroatoms. The van der Waals surface area contributed by atoms with Gasteiger partial charge in [0.05, 0.1) is 17.6 Å². The Morgan fingerprint density at radius 2 is 1.87 bits per heavy atom. The summed E-state index contributed by atoms with van der Waals surface area (Å²) in [4.78, 5) is 12.7. The number of aromatic nitrogens is 3. The van der Waals surface area contributed by atoms with E-state index in [0.29, 0.717) is 17.5 Å².